The summed E-state index contributed by atoms with van der Waals surface area (Å²) in [6.45, 7) is 2.21. The Balaban J connectivity index is 1.73. The summed E-state index contributed by atoms with van der Waals surface area (Å²) in [6, 6.07) is 19.9. The highest BCUT2D eigenvalue weighted by molar-refractivity contribution is 9.10. The van der Waals surface area contributed by atoms with E-state index in [-0.39, 0.29) is 5.57 Å². The van der Waals surface area contributed by atoms with Crippen molar-refractivity contribution in [3.8, 4) is 11.8 Å². The van der Waals surface area contributed by atoms with Gasteiger partial charge in [-0.05, 0) is 82.0 Å². The second kappa shape index (κ2) is 10.5. The molecular weight excluding hydrogens is 499 g/mol. The van der Waals surface area contributed by atoms with Gasteiger partial charge < -0.3 is 10.1 Å². The lowest BCUT2D eigenvalue weighted by atomic mass is 10.1. The Morgan fingerprint density at radius 3 is 2.61 bits per heavy atom. The number of hydrogen-bond acceptors (Lipinski definition) is 3. The quantitative estimate of drug-likeness (QED) is 0.279. The Morgan fingerprint density at radius 2 is 1.90 bits per heavy atom. The van der Waals surface area contributed by atoms with E-state index in [4.69, 9.17) is 27.9 Å². The molecule has 1 amide bonds. The molecule has 0 unspecified atom stereocenters. The lowest BCUT2D eigenvalue weighted by Gasteiger charge is -2.10. The van der Waals surface area contributed by atoms with Gasteiger partial charge in [-0.25, -0.2) is 0 Å². The number of hydrogen-bond donors (Lipinski definition) is 1. The first-order chi connectivity index (χ1) is 14.9. The Bertz CT molecular complexity index is 1200. The van der Waals surface area contributed by atoms with Gasteiger partial charge in [0.25, 0.3) is 5.91 Å². The van der Waals surface area contributed by atoms with E-state index in [1.54, 1.807) is 42.5 Å². The number of halogens is 3. The monoisotopic (exact) mass is 514 g/mol. The smallest absolute Gasteiger partial charge is 0.266 e. The average Bonchev–Trinajstić information content (AvgIpc) is 2.74. The zero-order valence-electron chi connectivity index (χ0n) is 16.5. The number of carbonyl (C=O) groups is 1. The molecule has 0 aliphatic heterocycles. The molecule has 0 radical (unpaired) electrons. The van der Waals surface area contributed by atoms with Gasteiger partial charge >= 0.3 is 0 Å². The van der Waals surface area contributed by atoms with E-state index in [1.807, 2.05) is 31.2 Å². The molecule has 0 aliphatic carbocycles. The van der Waals surface area contributed by atoms with Crippen LogP contribution in [0, 0.1) is 18.3 Å². The van der Waals surface area contributed by atoms with Gasteiger partial charge in [0.2, 0.25) is 0 Å². The number of rotatable bonds is 6. The summed E-state index contributed by atoms with van der Waals surface area (Å²) in [6.07, 6.45) is 1.51. The third-order valence-electron chi connectivity index (χ3n) is 4.36. The predicted octanol–water partition coefficient (Wildman–Crippen LogP) is 7.19. The van der Waals surface area contributed by atoms with Crippen LogP contribution in [0.25, 0.3) is 6.08 Å². The van der Waals surface area contributed by atoms with Gasteiger partial charge in [-0.3, -0.25) is 4.79 Å². The molecule has 7 heteroatoms. The molecule has 0 bridgehead atoms. The number of nitriles is 1. The van der Waals surface area contributed by atoms with Crippen LogP contribution in [-0.4, -0.2) is 5.91 Å². The minimum Gasteiger partial charge on any atom is -0.488 e. The molecule has 0 heterocycles. The van der Waals surface area contributed by atoms with Crippen LogP contribution in [0.1, 0.15) is 16.7 Å². The number of amides is 1. The first-order valence-corrected chi connectivity index (χ1v) is 10.8. The highest BCUT2D eigenvalue weighted by Crippen LogP contribution is 2.28. The molecule has 0 fully saturated rings. The van der Waals surface area contributed by atoms with Crippen molar-refractivity contribution in [3.63, 3.8) is 0 Å². The molecule has 0 aliphatic rings. The summed E-state index contributed by atoms with van der Waals surface area (Å²) in [5.41, 5.74) is 3.00. The van der Waals surface area contributed by atoms with Crippen molar-refractivity contribution in [3.05, 3.63) is 97.4 Å². The summed E-state index contributed by atoms with van der Waals surface area (Å²) < 4.78 is 6.53. The highest BCUT2D eigenvalue weighted by atomic mass is 79.9. The maximum atomic E-state index is 12.6. The van der Waals surface area contributed by atoms with Crippen molar-refractivity contribution in [2.45, 2.75) is 13.5 Å². The number of benzene rings is 3. The predicted molar refractivity (Wildman–Crippen MR) is 128 cm³/mol. The Kier molecular flexibility index (Phi) is 7.75. The van der Waals surface area contributed by atoms with E-state index in [1.165, 1.54) is 6.08 Å². The average molecular weight is 516 g/mol. The number of carbonyl (C=O) groups excluding carboxylic acids is 1. The first-order valence-electron chi connectivity index (χ1n) is 9.22. The summed E-state index contributed by atoms with van der Waals surface area (Å²) in [7, 11) is 0. The highest BCUT2D eigenvalue weighted by Gasteiger charge is 2.12. The van der Waals surface area contributed by atoms with Crippen LogP contribution in [0.3, 0.4) is 0 Å². The molecule has 0 atom stereocenters. The Labute approximate surface area is 199 Å². The summed E-state index contributed by atoms with van der Waals surface area (Å²) in [5.74, 6) is 0.125. The van der Waals surface area contributed by atoms with E-state index in [0.717, 1.165) is 11.1 Å². The van der Waals surface area contributed by atoms with Gasteiger partial charge in [-0.15, -0.1) is 0 Å². The maximum Gasteiger partial charge on any atom is 0.266 e. The number of ether oxygens (including phenoxy) is 1. The van der Waals surface area contributed by atoms with Crippen LogP contribution >= 0.6 is 39.1 Å². The minimum absolute atomic E-state index is 0.0288. The van der Waals surface area contributed by atoms with Gasteiger partial charge in [-0.1, -0.05) is 47.5 Å². The molecule has 31 heavy (non-hydrogen) atoms. The third kappa shape index (κ3) is 6.35. The topological polar surface area (TPSA) is 62.1 Å². The molecule has 0 spiro atoms. The van der Waals surface area contributed by atoms with Crippen LogP contribution in [0.4, 0.5) is 5.69 Å². The van der Waals surface area contributed by atoms with Crippen molar-refractivity contribution in [1.29, 1.82) is 5.26 Å². The van der Waals surface area contributed by atoms with Crippen LogP contribution in [0.15, 0.2) is 70.7 Å². The molecule has 3 aromatic rings. The van der Waals surface area contributed by atoms with Crippen molar-refractivity contribution in [2.75, 3.05) is 5.32 Å². The molecule has 0 saturated carbocycles. The number of aryl methyl sites for hydroxylation is 1. The molecule has 4 nitrogen and oxygen atoms in total. The molecular formula is C24H17BrCl2N2O2. The van der Waals surface area contributed by atoms with Gasteiger partial charge in [0.05, 0.1) is 4.47 Å². The fourth-order valence-corrected chi connectivity index (χ4v) is 3.64. The fraction of sp³-hybridized carbons (Fsp3) is 0.0833. The first kappa shape index (κ1) is 22.9. The Morgan fingerprint density at radius 1 is 1.13 bits per heavy atom. The van der Waals surface area contributed by atoms with E-state index >= 15 is 0 Å². The van der Waals surface area contributed by atoms with Crippen molar-refractivity contribution in [1.82, 2.24) is 0 Å². The normalized spacial score (nSPS) is 11.0. The number of nitrogens with one attached hydrogen (secondary N) is 1. The zero-order valence-corrected chi connectivity index (χ0v) is 19.6. The van der Waals surface area contributed by atoms with Gasteiger partial charge in [-0.2, -0.15) is 5.26 Å². The fourth-order valence-electron chi connectivity index (χ4n) is 2.75. The van der Waals surface area contributed by atoms with Crippen molar-refractivity contribution >= 4 is 56.8 Å². The van der Waals surface area contributed by atoms with Crippen LogP contribution in [-0.2, 0) is 11.4 Å². The molecule has 1 N–H and O–H groups in total. The maximum absolute atomic E-state index is 12.6. The zero-order chi connectivity index (χ0) is 22.4. The van der Waals surface area contributed by atoms with Gasteiger partial charge in [0.1, 0.15) is 24.0 Å². The molecule has 0 aromatic heterocycles. The summed E-state index contributed by atoms with van der Waals surface area (Å²) in [5, 5.41) is 13.3. The standard InChI is InChI=1S/C24H17BrCl2N2O2/c1-15-5-7-20(27)12-22(15)29-24(30)18(13-28)9-16-6-8-23(21(25)11-16)31-14-17-3-2-4-19(26)10-17/h2-12H,14H2,1H3,(H,29,30)/b18-9+. The largest absolute Gasteiger partial charge is 0.488 e. The second-order valence-electron chi connectivity index (χ2n) is 6.69. The number of anilines is 1. The van der Waals surface area contributed by atoms with Crippen molar-refractivity contribution < 1.29 is 9.53 Å². The van der Waals surface area contributed by atoms with Gasteiger partial charge in [0, 0.05) is 15.7 Å². The lowest BCUT2D eigenvalue weighted by molar-refractivity contribution is -0.112. The van der Waals surface area contributed by atoms with Crippen LogP contribution in [0.2, 0.25) is 10.0 Å². The Hall–Kier alpha value is -2.78. The lowest BCUT2D eigenvalue weighted by Crippen LogP contribution is -2.14. The number of nitrogens with zero attached hydrogens (tertiary/aromatic N) is 1. The second-order valence-corrected chi connectivity index (χ2v) is 8.42. The van der Waals surface area contributed by atoms with Crippen molar-refractivity contribution in [2.24, 2.45) is 0 Å². The van der Waals surface area contributed by atoms with E-state index in [9.17, 15) is 10.1 Å². The minimum atomic E-state index is -0.509. The SMILES string of the molecule is Cc1ccc(Cl)cc1NC(=O)/C(C#N)=C/c1ccc(OCc2cccc(Cl)c2)c(Br)c1. The summed E-state index contributed by atoms with van der Waals surface area (Å²) >= 11 is 15.5. The van der Waals surface area contributed by atoms with Crippen LogP contribution < -0.4 is 10.1 Å². The van der Waals surface area contributed by atoms with E-state index in [2.05, 4.69) is 21.2 Å². The van der Waals surface area contributed by atoms with E-state index < -0.39 is 5.91 Å². The summed E-state index contributed by atoms with van der Waals surface area (Å²) in [4.78, 5) is 12.6. The van der Waals surface area contributed by atoms with Crippen LogP contribution in [0.5, 0.6) is 5.75 Å². The molecule has 156 valence electrons. The van der Waals surface area contributed by atoms with E-state index in [0.29, 0.717) is 38.1 Å². The molecule has 0 saturated heterocycles. The molecule has 3 rings (SSSR count). The third-order valence-corrected chi connectivity index (χ3v) is 5.45. The molecule has 3 aromatic carbocycles. The van der Waals surface area contributed by atoms with Gasteiger partial charge in [0.15, 0.2) is 0 Å².